The molecule has 0 aliphatic carbocycles. The average Bonchev–Trinajstić information content (AvgIpc) is 2.16. The Hall–Kier alpha value is -1.03. The summed E-state index contributed by atoms with van der Waals surface area (Å²) in [7, 11) is 0. The summed E-state index contributed by atoms with van der Waals surface area (Å²) in [5.41, 5.74) is 0.186. The minimum atomic E-state index is -0.980. The number of carboxylic acids is 1. The fourth-order valence-corrected chi connectivity index (χ4v) is 1.75. The molecule has 0 aromatic heterocycles. The van der Waals surface area contributed by atoms with E-state index in [4.69, 9.17) is 9.84 Å². The first-order chi connectivity index (χ1) is 7.52. The molecule has 0 aliphatic rings. The van der Waals surface area contributed by atoms with E-state index in [9.17, 15) is 4.79 Å². The fourth-order valence-electron chi connectivity index (χ4n) is 1.24. The molecule has 0 radical (unpaired) electrons. The van der Waals surface area contributed by atoms with Gasteiger partial charge in [-0.3, -0.25) is 0 Å². The quantitative estimate of drug-likeness (QED) is 0.900. The van der Waals surface area contributed by atoms with Crippen molar-refractivity contribution in [1.29, 1.82) is 0 Å². The second-order valence-corrected chi connectivity index (χ2v) is 4.80. The molecule has 0 atom stereocenters. The van der Waals surface area contributed by atoms with Gasteiger partial charge < -0.3 is 9.84 Å². The van der Waals surface area contributed by atoms with Gasteiger partial charge in [-0.1, -0.05) is 19.9 Å². The van der Waals surface area contributed by atoms with E-state index in [2.05, 4.69) is 29.8 Å². The van der Waals surface area contributed by atoms with Crippen molar-refractivity contribution in [2.24, 2.45) is 5.92 Å². The highest BCUT2D eigenvalue weighted by molar-refractivity contribution is 9.10. The lowest BCUT2D eigenvalue weighted by atomic mass is 10.1. The SMILES string of the molecule is CC(C)CCOc1cccc(Br)c1C(=O)O. The summed E-state index contributed by atoms with van der Waals surface area (Å²) >= 11 is 3.21. The third kappa shape index (κ3) is 3.52. The predicted molar refractivity (Wildman–Crippen MR) is 66.1 cm³/mol. The molecule has 3 nitrogen and oxygen atoms in total. The molecule has 1 aromatic rings. The molecule has 88 valence electrons. The molecule has 0 heterocycles. The lowest BCUT2D eigenvalue weighted by Gasteiger charge is -2.11. The Morgan fingerprint density at radius 2 is 2.19 bits per heavy atom. The summed E-state index contributed by atoms with van der Waals surface area (Å²) in [6.45, 7) is 4.74. The number of ether oxygens (including phenoxy) is 1. The highest BCUT2D eigenvalue weighted by Crippen LogP contribution is 2.26. The molecule has 0 spiro atoms. The molecular formula is C12H15BrO3. The van der Waals surface area contributed by atoms with Crippen molar-refractivity contribution in [3.05, 3.63) is 28.2 Å². The second-order valence-electron chi connectivity index (χ2n) is 3.95. The predicted octanol–water partition coefficient (Wildman–Crippen LogP) is 3.57. The van der Waals surface area contributed by atoms with Gasteiger partial charge in [0.05, 0.1) is 6.61 Å². The zero-order chi connectivity index (χ0) is 12.1. The van der Waals surface area contributed by atoms with E-state index in [0.29, 0.717) is 22.7 Å². The number of hydrogen-bond donors (Lipinski definition) is 1. The highest BCUT2D eigenvalue weighted by atomic mass is 79.9. The van der Waals surface area contributed by atoms with Crippen LogP contribution in [-0.2, 0) is 0 Å². The molecule has 0 aliphatic heterocycles. The molecule has 1 rings (SSSR count). The number of hydrogen-bond acceptors (Lipinski definition) is 2. The Kier molecular flexibility index (Phi) is 4.80. The Morgan fingerprint density at radius 3 is 2.75 bits per heavy atom. The number of halogens is 1. The van der Waals surface area contributed by atoms with E-state index in [1.54, 1.807) is 18.2 Å². The Balaban J connectivity index is 2.79. The minimum Gasteiger partial charge on any atom is -0.493 e. The standard InChI is InChI=1S/C12H15BrO3/c1-8(2)6-7-16-10-5-3-4-9(13)11(10)12(14)15/h3-5,8H,6-7H2,1-2H3,(H,14,15). The molecule has 4 heteroatoms. The monoisotopic (exact) mass is 286 g/mol. The van der Waals surface area contributed by atoms with Gasteiger partial charge in [-0.2, -0.15) is 0 Å². The summed E-state index contributed by atoms with van der Waals surface area (Å²) in [5.74, 6) is -0.0185. The van der Waals surface area contributed by atoms with Crippen molar-refractivity contribution in [3.63, 3.8) is 0 Å². The normalized spacial score (nSPS) is 10.5. The third-order valence-electron chi connectivity index (χ3n) is 2.14. The molecule has 0 fully saturated rings. The lowest BCUT2D eigenvalue weighted by molar-refractivity contribution is 0.0691. The zero-order valence-corrected chi connectivity index (χ0v) is 11.0. The molecule has 0 saturated carbocycles. The van der Waals surface area contributed by atoms with Crippen LogP contribution in [0, 0.1) is 5.92 Å². The van der Waals surface area contributed by atoms with Gasteiger partial charge in [0.1, 0.15) is 11.3 Å². The van der Waals surface area contributed by atoms with Crippen molar-refractivity contribution < 1.29 is 14.6 Å². The van der Waals surface area contributed by atoms with Crippen LogP contribution in [0.3, 0.4) is 0 Å². The first kappa shape index (κ1) is 13.0. The number of benzene rings is 1. The van der Waals surface area contributed by atoms with Gasteiger partial charge >= 0.3 is 5.97 Å². The van der Waals surface area contributed by atoms with Gasteiger partial charge in [0.15, 0.2) is 0 Å². The van der Waals surface area contributed by atoms with Crippen LogP contribution in [0.4, 0.5) is 0 Å². The summed E-state index contributed by atoms with van der Waals surface area (Å²) in [6.07, 6.45) is 0.908. The first-order valence-electron chi connectivity index (χ1n) is 5.17. The second kappa shape index (κ2) is 5.89. The molecular weight excluding hydrogens is 272 g/mol. The van der Waals surface area contributed by atoms with Crippen LogP contribution >= 0.6 is 15.9 Å². The van der Waals surface area contributed by atoms with E-state index >= 15 is 0 Å². The average molecular weight is 287 g/mol. The summed E-state index contributed by atoms with van der Waals surface area (Å²) in [5, 5.41) is 9.05. The highest BCUT2D eigenvalue weighted by Gasteiger charge is 2.14. The van der Waals surface area contributed by atoms with Crippen LogP contribution in [0.25, 0.3) is 0 Å². The van der Waals surface area contributed by atoms with Crippen molar-refractivity contribution >= 4 is 21.9 Å². The molecule has 0 bridgehead atoms. The molecule has 1 N–H and O–H groups in total. The van der Waals surface area contributed by atoms with Crippen molar-refractivity contribution in [1.82, 2.24) is 0 Å². The molecule has 1 aromatic carbocycles. The maximum Gasteiger partial charge on any atom is 0.340 e. The van der Waals surface area contributed by atoms with E-state index in [0.717, 1.165) is 6.42 Å². The van der Waals surface area contributed by atoms with Crippen molar-refractivity contribution in [2.45, 2.75) is 20.3 Å². The fraction of sp³-hybridized carbons (Fsp3) is 0.417. The van der Waals surface area contributed by atoms with E-state index in [1.807, 2.05) is 0 Å². The first-order valence-corrected chi connectivity index (χ1v) is 5.96. The molecule has 0 saturated heterocycles. The topological polar surface area (TPSA) is 46.5 Å². The zero-order valence-electron chi connectivity index (χ0n) is 9.37. The number of rotatable bonds is 5. The van der Waals surface area contributed by atoms with Crippen molar-refractivity contribution in [3.8, 4) is 5.75 Å². The van der Waals surface area contributed by atoms with Crippen LogP contribution in [-0.4, -0.2) is 17.7 Å². The van der Waals surface area contributed by atoms with Gasteiger partial charge in [-0.15, -0.1) is 0 Å². The van der Waals surface area contributed by atoms with Gasteiger partial charge in [-0.25, -0.2) is 4.79 Å². The van der Waals surface area contributed by atoms with Crippen LogP contribution < -0.4 is 4.74 Å². The number of aromatic carboxylic acids is 1. The molecule has 16 heavy (non-hydrogen) atoms. The van der Waals surface area contributed by atoms with Gasteiger partial charge in [0.2, 0.25) is 0 Å². The van der Waals surface area contributed by atoms with Crippen LogP contribution in [0.15, 0.2) is 22.7 Å². The Labute approximate surface area is 104 Å². The molecule has 0 amide bonds. The van der Waals surface area contributed by atoms with E-state index in [-0.39, 0.29) is 5.56 Å². The Morgan fingerprint density at radius 1 is 1.50 bits per heavy atom. The lowest BCUT2D eigenvalue weighted by Crippen LogP contribution is -2.06. The maximum atomic E-state index is 11.0. The smallest absolute Gasteiger partial charge is 0.340 e. The van der Waals surface area contributed by atoms with Crippen LogP contribution in [0.1, 0.15) is 30.6 Å². The third-order valence-corrected chi connectivity index (χ3v) is 2.80. The van der Waals surface area contributed by atoms with Crippen LogP contribution in [0.2, 0.25) is 0 Å². The van der Waals surface area contributed by atoms with Crippen LogP contribution in [0.5, 0.6) is 5.75 Å². The largest absolute Gasteiger partial charge is 0.493 e. The minimum absolute atomic E-state index is 0.186. The Bertz CT molecular complexity index is 375. The molecule has 0 unspecified atom stereocenters. The van der Waals surface area contributed by atoms with Crippen molar-refractivity contribution in [2.75, 3.05) is 6.61 Å². The van der Waals surface area contributed by atoms with E-state index in [1.165, 1.54) is 0 Å². The van der Waals surface area contributed by atoms with Gasteiger partial charge in [0.25, 0.3) is 0 Å². The number of carboxylic acid groups (broad SMARTS) is 1. The summed E-state index contributed by atoms with van der Waals surface area (Å²) in [4.78, 5) is 11.0. The summed E-state index contributed by atoms with van der Waals surface area (Å²) < 4.78 is 6.02. The number of carbonyl (C=O) groups is 1. The van der Waals surface area contributed by atoms with Gasteiger partial charge in [-0.05, 0) is 40.4 Å². The summed E-state index contributed by atoms with van der Waals surface area (Å²) in [6, 6.07) is 5.13. The van der Waals surface area contributed by atoms with E-state index < -0.39 is 5.97 Å². The van der Waals surface area contributed by atoms with Gasteiger partial charge in [0, 0.05) is 4.47 Å². The maximum absolute atomic E-state index is 11.0.